The molecule has 1 unspecified atom stereocenters. The Hall–Kier alpha value is -1.88. The molecule has 0 aliphatic rings. The lowest BCUT2D eigenvalue weighted by molar-refractivity contribution is -0.127. The van der Waals surface area contributed by atoms with Crippen LogP contribution < -0.4 is 15.4 Å². The van der Waals surface area contributed by atoms with Gasteiger partial charge in [0.15, 0.2) is 17.5 Å². The number of thiophene rings is 1. The van der Waals surface area contributed by atoms with E-state index < -0.39 is 0 Å². The lowest BCUT2D eigenvalue weighted by atomic mass is 10.2. The molecular formula is C20H28FIN4O2S. The molecule has 9 heteroatoms. The molecular weight excluding hydrogens is 506 g/mol. The first-order valence-electron chi connectivity index (χ1n) is 9.15. The summed E-state index contributed by atoms with van der Waals surface area (Å²) in [6.07, 6.45) is 0.450. The van der Waals surface area contributed by atoms with Gasteiger partial charge in [0.05, 0.1) is 13.1 Å². The zero-order valence-corrected chi connectivity index (χ0v) is 20.0. The summed E-state index contributed by atoms with van der Waals surface area (Å²) in [6, 6.07) is 10.4. The zero-order chi connectivity index (χ0) is 20.4. The second-order valence-electron chi connectivity index (χ2n) is 6.35. The molecule has 0 bridgehead atoms. The highest BCUT2D eigenvalue weighted by molar-refractivity contribution is 14.0. The molecule has 1 aromatic carbocycles. The number of amides is 1. The smallest absolute Gasteiger partial charge is 0.243 e. The van der Waals surface area contributed by atoms with E-state index in [2.05, 4.69) is 15.6 Å². The summed E-state index contributed by atoms with van der Waals surface area (Å²) >= 11 is 1.64. The van der Waals surface area contributed by atoms with Crippen LogP contribution in [-0.2, 0) is 11.3 Å². The van der Waals surface area contributed by atoms with E-state index in [4.69, 9.17) is 4.74 Å². The van der Waals surface area contributed by atoms with Crippen molar-refractivity contribution in [3.05, 3.63) is 52.5 Å². The number of aliphatic imine (C=N–C) groups is 1. The largest absolute Gasteiger partial charge is 0.486 e. The van der Waals surface area contributed by atoms with Gasteiger partial charge in [-0.2, -0.15) is 0 Å². The molecule has 0 saturated carbocycles. The first kappa shape index (κ1) is 25.2. The number of nitrogens with one attached hydrogen (secondary N) is 2. The van der Waals surface area contributed by atoms with E-state index in [0.717, 1.165) is 4.88 Å². The Balaban J connectivity index is 0.00000420. The molecule has 6 nitrogen and oxygen atoms in total. The van der Waals surface area contributed by atoms with E-state index >= 15 is 0 Å². The van der Waals surface area contributed by atoms with Gasteiger partial charge in [-0.3, -0.25) is 4.79 Å². The Bertz CT molecular complexity index is 772. The first-order valence-corrected chi connectivity index (χ1v) is 10.0. The van der Waals surface area contributed by atoms with Crippen LogP contribution in [-0.4, -0.2) is 50.1 Å². The number of carbonyl (C=O) groups excluding carboxylic acids is 1. The van der Waals surface area contributed by atoms with Crippen LogP contribution in [0.5, 0.6) is 5.75 Å². The molecule has 2 rings (SSSR count). The SMILES string of the molecule is CCC(CNC(=NCC(=O)N(C)C)NCc1cccs1)Oc1ccccc1F.I. The summed E-state index contributed by atoms with van der Waals surface area (Å²) in [5.74, 6) is 0.261. The predicted octanol–water partition coefficient (Wildman–Crippen LogP) is 3.49. The molecule has 0 spiro atoms. The fourth-order valence-electron chi connectivity index (χ4n) is 2.25. The maximum absolute atomic E-state index is 13.8. The fourth-order valence-corrected chi connectivity index (χ4v) is 2.89. The van der Waals surface area contributed by atoms with Gasteiger partial charge < -0.3 is 20.3 Å². The van der Waals surface area contributed by atoms with Crippen LogP contribution in [0, 0.1) is 5.82 Å². The second kappa shape index (κ2) is 13.4. The van der Waals surface area contributed by atoms with Gasteiger partial charge in [-0.15, -0.1) is 35.3 Å². The van der Waals surface area contributed by atoms with Gasteiger partial charge in [-0.25, -0.2) is 9.38 Å². The molecule has 1 atom stereocenters. The number of benzene rings is 1. The summed E-state index contributed by atoms with van der Waals surface area (Å²) in [5, 5.41) is 8.42. The number of nitrogens with zero attached hydrogens (tertiary/aromatic N) is 2. The molecule has 29 heavy (non-hydrogen) atoms. The van der Waals surface area contributed by atoms with Crippen molar-refractivity contribution in [1.29, 1.82) is 0 Å². The third-order valence-corrected chi connectivity index (χ3v) is 4.84. The van der Waals surface area contributed by atoms with Crippen molar-refractivity contribution in [3.63, 3.8) is 0 Å². The number of para-hydroxylation sites is 1. The van der Waals surface area contributed by atoms with Crippen molar-refractivity contribution in [1.82, 2.24) is 15.5 Å². The highest BCUT2D eigenvalue weighted by Crippen LogP contribution is 2.17. The Kier molecular flexibility index (Phi) is 11.6. The Morgan fingerprint density at radius 2 is 2.00 bits per heavy atom. The molecule has 1 aromatic heterocycles. The third-order valence-electron chi connectivity index (χ3n) is 3.96. The molecule has 0 saturated heterocycles. The van der Waals surface area contributed by atoms with Crippen LogP contribution in [0.1, 0.15) is 18.2 Å². The van der Waals surface area contributed by atoms with Crippen molar-refractivity contribution in [2.75, 3.05) is 27.2 Å². The highest BCUT2D eigenvalue weighted by atomic mass is 127. The molecule has 0 aliphatic carbocycles. The molecule has 2 N–H and O–H groups in total. The molecule has 1 amide bonds. The zero-order valence-electron chi connectivity index (χ0n) is 16.9. The van der Waals surface area contributed by atoms with Crippen LogP contribution in [0.2, 0.25) is 0 Å². The molecule has 0 radical (unpaired) electrons. The quantitative estimate of drug-likeness (QED) is 0.294. The highest BCUT2D eigenvalue weighted by Gasteiger charge is 2.13. The van der Waals surface area contributed by atoms with Crippen molar-refractivity contribution in [2.24, 2.45) is 4.99 Å². The fraction of sp³-hybridized carbons (Fsp3) is 0.400. The number of halogens is 2. The minimum absolute atomic E-state index is 0. The van der Waals surface area contributed by atoms with E-state index in [1.807, 2.05) is 24.4 Å². The van der Waals surface area contributed by atoms with Crippen LogP contribution in [0.15, 0.2) is 46.8 Å². The number of ether oxygens (including phenoxy) is 1. The monoisotopic (exact) mass is 534 g/mol. The predicted molar refractivity (Wildman–Crippen MR) is 127 cm³/mol. The van der Waals surface area contributed by atoms with E-state index in [-0.39, 0.29) is 54.1 Å². The minimum atomic E-state index is -0.387. The molecule has 1 heterocycles. The van der Waals surface area contributed by atoms with E-state index in [9.17, 15) is 9.18 Å². The Labute approximate surface area is 192 Å². The van der Waals surface area contributed by atoms with Gasteiger partial charge in [0.1, 0.15) is 12.6 Å². The lowest BCUT2D eigenvalue weighted by Crippen LogP contribution is -2.42. The van der Waals surface area contributed by atoms with Gasteiger partial charge >= 0.3 is 0 Å². The summed E-state index contributed by atoms with van der Waals surface area (Å²) < 4.78 is 19.6. The maximum atomic E-state index is 13.8. The summed E-state index contributed by atoms with van der Waals surface area (Å²) in [5.41, 5.74) is 0. The molecule has 160 valence electrons. The number of rotatable bonds is 9. The Morgan fingerprint density at radius 1 is 1.24 bits per heavy atom. The van der Waals surface area contributed by atoms with Crippen molar-refractivity contribution in [3.8, 4) is 5.75 Å². The average molecular weight is 534 g/mol. The van der Waals surface area contributed by atoms with Crippen LogP contribution in [0.4, 0.5) is 4.39 Å². The average Bonchev–Trinajstić information content (AvgIpc) is 3.20. The van der Waals surface area contributed by atoms with Gasteiger partial charge in [0.2, 0.25) is 5.91 Å². The van der Waals surface area contributed by atoms with Gasteiger partial charge in [-0.1, -0.05) is 25.1 Å². The molecule has 0 aliphatic heterocycles. The van der Waals surface area contributed by atoms with E-state index in [0.29, 0.717) is 25.5 Å². The number of carbonyl (C=O) groups is 1. The van der Waals surface area contributed by atoms with Crippen LogP contribution >= 0.6 is 35.3 Å². The summed E-state index contributed by atoms with van der Waals surface area (Å²) in [7, 11) is 3.39. The van der Waals surface area contributed by atoms with Crippen LogP contribution in [0.25, 0.3) is 0 Å². The first-order chi connectivity index (χ1) is 13.5. The summed E-state index contributed by atoms with van der Waals surface area (Å²) in [4.78, 5) is 18.9. The number of guanidine groups is 1. The number of likely N-dealkylation sites (N-methyl/N-ethyl adjacent to an activating group) is 1. The van der Waals surface area contributed by atoms with E-state index in [1.54, 1.807) is 43.6 Å². The van der Waals surface area contributed by atoms with Gasteiger partial charge in [0.25, 0.3) is 0 Å². The van der Waals surface area contributed by atoms with Gasteiger partial charge in [-0.05, 0) is 30.0 Å². The molecule has 2 aromatic rings. The minimum Gasteiger partial charge on any atom is -0.486 e. The number of hydrogen-bond donors (Lipinski definition) is 2. The topological polar surface area (TPSA) is 66.0 Å². The third kappa shape index (κ3) is 8.99. The van der Waals surface area contributed by atoms with Crippen molar-refractivity contribution < 1.29 is 13.9 Å². The standard InChI is InChI=1S/C20H27FN4O2S.HI/c1-4-15(27-18-10-6-5-9-17(18)21)12-22-20(24-14-19(26)25(2)3)23-13-16-8-7-11-28-16;/h5-11,15H,4,12-14H2,1-3H3,(H2,22,23,24);1H. The molecule has 0 fully saturated rings. The number of hydrogen-bond acceptors (Lipinski definition) is 4. The second-order valence-corrected chi connectivity index (χ2v) is 7.38. The van der Waals surface area contributed by atoms with Crippen LogP contribution in [0.3, 0.4) is 0 Å². The van der Waals surface area contributed by atoms with Crippen molar-refractivity contribution in [2.45, 2.75) is 26.0 Å². The van der Waals surface area contributed by atoms with E-state index in [1.165, 1.54) is 11.0 Å². The normalized spacial score (nSPS) is 11.9. The Morgan fingerprint density at radius 3 is 2.62 bits per heavy atom. The maximum Gasteiger partial charge on any atom is 0.243 e. The van der Waals surface area contributed by atoms with Gasteiger partial charge in [0, 0.05) is 19.0 Å². The lowest BCUT2D eigenvalue weighted by Gasteiger charge is -2.20. The van der Waals surface area contributed by atoms with Crippen molar-refractivity contribution >= 4 is 47.2 Å². The summed E-state index contributed by atoms with van der Waals surface area (Å²) in [6.45, 7) is 3.04.